The molecule has 1 fully saturated rings. The predicted molar refractivity (Wildman–Crippen MR) is 72.6 cm³/mol. The first-order valence-electron chi connectivity index (χ1n) is 7.15. The molecule has 2 N–H and O–H groups in total. The van der Waals surface area contributed by atoms with Gasteiger partial charge in [-0.1, -0.05) is 5.16 Å². The first-order chi connectivity index (χ1) is 10.1. The topological polar surface area (TPSA) is 109 Å². The average molecular weight is 296 g/mol. The van der Waals surface area contributed by atoms with E-state index in [0.717, 1.165) is 19.4 Å². The van der Waals surface area contributed by atoms with E-state index in [2.05, 4.69) is 20.0 Å². The summed E-state index contributed by atoms with van der Waals surface area (Å²) < 4.78 is 4.62. The smallest absolute Gasteiger partial charge is 0.317 e. The van der Waals surface area contributed by atoms with Crippen molar-refractivity contribution in [3.63, 3.8) is 0 Å². The summed E-state index contributed by atoms with van der Waals surface area (Å²) in [6.45, 7) is 1.80. The number of carboxylic acid groups (broad SMARTS) is 1. The molecule has 8 heteroatoms. The lowest BCUT2D eigenvalue weighted by molar-refractivity contribution is -0.137. The molecule has 1 aromatic rings. The van der Waals surface area contributed by atoms with Crippen LogP contribution in [0.3, 0.4) is 0 Å². The van der Waals surface area contributed by atoms with E-state index in [4.69, 9.17) is 5.11 Å². The molecule has 2 heterocycles. The lowest BCUT2D eigenvalue weighted by Gasteiger charge is -2.32. The third-order valence-corrected chi connectivity index (χ3v) is 3.60. The summed E-state index contributed by atoms with van der Waals surface area (Å²) in [5.41, 5.74) is 0. The summed E-state index contributed by atoms with van der Waals surface area (Å²) in [5, 5.41) is 15.2. The van der Waals surface area contributed by atoms with Crippen molar-refractivity contribution in [1.82, 2.24) is 20.4 Å². The fraction of sp³-hybridized carbons (Fsp3) is 0.692. The Bertz CT molecular complexity index is 463. The highest BCUT2D eigenvalue weighted by Gasteiger charge is 2.23. The number of urea groups is 1. The van der Waals surface area contributed by atoms with Gasteiger partial charge in [0, 0.05) is 32.5 Å². The van der Waals surface area contributed by atoms with Gasteiger partial charge in [0.15, 0.2) is 5.82 Å². The Morgan fingerprint density at radius 1 is 1.52 bits per heavy atom. The van der Waals surface area contributed by atoms with Crippen LogP contribution in [0.2, 0.25) is 0 Å². The quantitative estimate of drug-likeness (QED) is 0.807. The Kier molecular flexibility index (Phi) is 5.53. The van der Waals surface area contributed by atoms with Crippen LogP contribution in [0.15, 0.2) is 10.9 Å². The van der Waals surface area contributed by atoms with Gasteiger partial charge in [-0.15, -0.1) is 0 Å². The molecular weight excluding hydrogens is 276 g/mol. The highest BCUT2D eigenvalue weighted by Crippen LogP contribution is 2.20. The van der Waals surface area contributed by atoms with Crippen molar-refractivity contribution in [2.45, 2.75) is 32.1 Å². The largest absolute Gasteiger partial charge is 0.481 e. The number of carbonyl (C=O) groups excluding carboxylic acids is 1. The summed E-state index contributed by atoms with van der Waals surface area (Å²) >= 11 is 0. The van der Waals surface area contributed by atoms with Gasteiger partial charge in [-0.3, -0.25) is 4.79 Å². The van der Waals surface area contributed by atoms with Gasteiger partial charge in [0.1, 0.15) is 0 Å². The standard InChI is InChI=1S/C13H20N4O4/c18-12(19)4-3-10-2-1-7-17(8-10)13(20)14-6-5-11-15-9-21-16-11/h9-10H,1-8H2,(H,14,20)(H,18,19). The van der Waals surface area contributed by atoms with Gasteiger partial charge in [-0.05, 0) is 25.2 Å². The van der Waals surface area contributed by atoms with Crippen molar-refractivity contribution in [1.29, 1.82) is 0 Å². The number of hydrogen-bond donors (Lipinski definition) is 2. The fourth-order valence-corrected chi connectivity index (χ4v) is 2.51. The predicted octanol–water partition coefficient (Wildman–Crippen LogP) is 0.898. The monoisotopic (exact) mass is 296 g/mol. The Balaban J connectivity index is 1.70. The van der Waals surface area contributed by atoms with Crippen molar-refractivity contribution >= 4 is 12.0 Å². The maximum Gasteiger partial charge on any atom is 0.317 e. The second kappa shape index (κ2) is 7.61. The van der Waals surface area contributed by atoms with Gasteiger partial charge < -0.3 is 19.8 Å². The molecule has 8 nitrogen and oxygen atoms in total. The molecule has 0 aliphatic carbocycles. The third kappa shape index (κ3) is 5.05. The maximum atomic E-state index is 12.0. The van der Waals surface area contributed by atoms with Crippen molar-refractivity contribution in [3.05, 3.63) is 12.2 Å². The third-order valence-electron chi connectivity index (χ3n) is 3.60. The van der Waals surface area contributed by atoms with Crippen LogP contribution in [0.5, 0.6) is 0 Å². The van der Waals surface area contributed by atoms with Gasteiger partial charge in [-0.2, -0.15) is 4.98 Å². The van der Waals surface area contributed by atoms with Crippen LogP contribution in [0.25, 0.3) is 0 Å². The van der Waals surface area contributed by atoms with Gasteiger partial charge in [0.05, 0.1) is 0 Å². The van der Waals surface area contributed by atoms with E-state index < -0.39 is 5.97 Å². The Labute approximate surface area is 122 Å². The number of piperidine rings is 1. The number of likely N-dealkylation sites (tertiary alicyclic amines) is 1. The minimum absolute atomic E-state index is 0.112. The molecule has 0 aromatic carbocycles. The molecule has 0 saturated carbocycles. The van der Waals surface area contributed by atoms with Crippen LogP contribution >= 0.6 is 0 Å². The zero-order valence-electron chi connectivity index (χ0n) is 11.8. The molecule has 116 valence electrons. The minimum Gasteiger partial charge on any atom is -0.481 e. The maximum absolute atomic E-state index is 12.0. The molecule has 1 unspecified atom stereocenters. The molecule has 21 heavy (non-hydrogen) atoms. The van der Waals surface area contributed by atoms with Gasteiger partial charge >= 0.3 is 12.0 Å². The van der Waals surface area contributed by atoms with Crippen molar-refractivity contribution in [2.75, 3.05) is 19.6 Å². The van der Waals surface area contributed by atoms with Crippen molar-refractivity contribution < 1.29 is 19.2 Å². The van der Waals surface area contributed by atoms with Crippen LogP contribution in [0.1, 0.15) is 31.5 Å². The van der Waals surface area contributed by atoms with Crippen LogP contribution in [-0.4, -0.2) is 51.8 Å². The molecule has 0 bridgehead atoms. The number of hydrogen-bond acceptors (Lipinski definition) is 5. The number of nitrogens with one attached hydrogen (secondary N) is 1. The second-order valence-corrected chi connectivity index (χ2v) is 5.22. The highest BCUT2D eigenvalue weighted by atomic mass is 16.5. The Hall–Kier alpha value is -2.12. The fourth-order valence-electron chi connectivity index (χ4n) is 2.51. The second-order valence-electron chi connectivity index (χ2n) is 5.22. The minimum atomic E-state index is -0.781. The summed E-state index contributed by atoms with van der Waals surface area (Å²) in [4.78, 5) is 28.3. The first-order valence-corrected chi connectivity index (χ1v) is 7.15. The molecule has 1 saturated heterocycles. The SMILES string of the molecule is O=C(O)CCC1CCCN(C(=O)NCCc2ncon2)C1. The molecule has 2 rings (SSSR count). The number of carboxylic acids is 1. The highest BCUT2D eigenvalue weighted by molar-refractivity contribution is 5.74. The van der Waals surface area contributed by atoms with Crippen LogP contribution in [0.4, 0.5) is 4.79 Å². The molecule has 1 aliphatic rings. The first kappa shape index (κ1) is 15.3. The number of carbonyl (C=O) groups is 2. The number of nitrogens with zero attached hydrogens (tertiary/aromatic N) is 3. The summed E-state index contributed by atoms with van der Waals surface area (Å²) in [7, 11) is 0. The number of aliphatic carboxylic acids is 1. The van der Waals surface area contributed by atoms with E-state index in [-0.39, 0.29) is 18.4 Å². The Morgan fingerprint density at radius 2 is 2.38 bits per heavy atom. The molecule has 1 atom stereocenters. The van der Waals surface area contributed by atoms with Crippen LogP contribution in [0, 0.1) is 5.92 Å². The average Bonchev–Trinajstić information content (AvgIpc) is 2.98. The number of rotatable bonds is 6. The van der Waals surface area contributed by atoms with E-state index in [9.17, 15) is 9.59 Å². The lowest BCUT2D eigenvalue weighted by atomic mass is 9.93. The van der Waals surface area contributed by atoms with E-state index in [1.54, 1.807) is 4.90 Å². The van der Waals surface area contributed by atoms with Gasteiger partial charge in [0.25, 0.3) is 0 Å². The molecule has 1 aliphatic heterocycles. The molecule has 0 spiro atoms. The zero-order chi connectivity index (χ0) is 15.1. The number of amides is 2. The molecular formula is C13H20N4O4. The molecule has 2 amide bonds. The van der Waals surface area contributed by atoms with Crippen molar-refractivity contribution in [2.24, 2.45) is 5.92 Å². The summed E-state index contributed by atoms with van der Waals surface area (Å²) in [5.74, 6) is 0.0581. The molecule has 1 aromatic heterocycles. The van der Waals surface area contributed by atoms with Gasteiger partial charge in [-0.25, -0.2) is 4.79 Å². The zero-order valence-corrected chi connectivity index (χ0v) is 11.8. The summed E-state index contributed by atoms with van der Waals surface area (Å²) in [6.07, 6.45) is 4.48. The lowest BCUT2D eigenvalue weighted by Crippen LogP contribution is -2.46. The van der Waals surface area contributed by atoms with Crippen LogP contribution in [-0.2, 0) is 11.2 Å². The van der Waals surface area contributed by atoms with E-state index in [0.29, 0.717) is 31.8 Å². The van der Waals surface area contributed by atoms with Gasteiger partial charge in [0.2, 0.25) is 6.39 Å². The van der Waals surface area contributed by atoms with Crippen LogP contribution < -0.4 is 5.32 Å². The van der Waals surface area contributed by atoms with E-state index in [1.807, 2.05) is 0 Å². The number of aromatic nitrogens is 2. The van der Waals surface area contributed by atoms with Crippen molar-refractivity contribution in [3.8, 4) is 0 Å². The van der Waals surface area contributed by atoms with E-state index >= 15 is 0 Å². The Morgan fingerprint density at radius 3 is 3.10 bits per heavy atom. The summed E-state index contributed by atoms with van der Waals surface area (Å²) in [6, 6.07) is -0.112. The van der Waals surface area contributed by atoms with E-state index in [1.165, 1.54) is 6.39 Å². The molecule has 0 radical (unpaired) electrons. The normalized spacial score (nSPS) is 18.5.